The van der Waals surface area contributed by atoms with Gasteiger partial charge < -0.3 is 5.11 Å². The molecule has 4 unspecified atom stereocenters. The zero-order valence-electron chi connectivity index (χ0n) is 14.6. The lowest BCUT2D eigenvalue weighted by atomic mass is 9.53. The lowest BCUT2D eigenvalue weighted by Gasteiger charge is -2.48. The lowest BCUT2D eigenvalue weighted by Crippen LogP contribution is -2.45. The van der Waals surface area contributed by atoms with Crippen LogP contribution in [0.15, 0.2) is 0 Å². The van der Waals surface area contributed by atoms with E-state index in [9.17, 15) is 5.11 Å². The van der Waals surface area contributed by atoms with Gasteiger partial charge in [0.05, 0.1) is 6.10 Å². The maximum absolute atomic E-state index is 11.0. The second-order valence-electron chi connectivity index (χ2n) is 7.23. The highest BCUT2D eigenvalue weighted by molar-refractivity contribution is 6.15. The highest BCUT2D eigenvalue weighted by atomic mass is 16.3. The molecule has 1 nitrogen and oxygen atoms in total. The van der Waals surface area contributed by atoms with Crippen molar-refractivity contribution in [1.82, 2.24) is 0 Å². The van der Waals surface area contributed by atoms with Gasteiger partial charge in [-0.1, -0.05) is 73.6 Å². The van der Waals surface area contributed by atoms with Gasteiger partial charge in [-0.25, -0.2) is 0 Å². The molecule has 1 N–H and O–H groups in total. The van der Waals surface area contributed by atoms with Gasteiger partial charge in [-0.2, -0.15) is 0 Å². The summed E-state index contributed by atoms with van der Waals surface area (Å²) in [5, 5.41) is 11.0. The van der Waals surface area contributed by atoms with Gasteiger partial charge in [-0.3, -0.25) is 0 Å². The van der Waals surface area contributed by atoms with Crippen molar-refractivity contribution in [3.05, 3.63) is 0 Å². The van der Waals surface area contributed by atoms with Crippen LogP contribution in [0.25, 0.3) is 0 Å². The molecular weight excluding hydrogens is 231 g/mol. The minimum absolute atomic E-state index is 0.0168. The molecule has 0 radical (unpaired) electrons. The summed E-state index contributed by atoms with van der Waals surface area (Å²) in [7, 11) is 2.22. The minimum atomic E-state index is -0.205. The van der Waals surface area contributed by atoms with Crippen LogP contribution in [0.2, 0.25) is 5.31 Å². The fourth-order valence-corrected chi connectivity index (χ4v) is 3.39. The summed E-state index contributed by atoms with van der Waals surface area (Å²) in [6.07, 6.45) is 8.20. The van der Waals surface area contributed by atoms with Crippen LogP contribution in [-0.2, 0) is 0 Å². The third kappa shape index (κ3) is 4.81. The average molecular weight is 268 g/mol. The summed E-state index contributed by atoms with van der Waals surface area (Å²) < 4.78 is 0. The van der Waals surface area contributed by atoms with E-state index in [1.165, 1.54) is 32.1 Å². The standard InChI is InChI=1S/C17H37BO/c1-7-11-13-14(12-8-2)16(5,9-3)15(19)17(6,18)10-4/h14-15,19H,7-13,18H2,1-6H3. The number of aliphatic hydroxyl groups is 1. The molecule has 0 aromatic carbocycles. The summed E-state index contributed by atoms with van der Waals surface area (Å²) >= 11 is 0. The van der Waals surface area contributed by atoms with Crippen LogP contribution in [0.1, 0.15) is 86.5 Å². The number of hydrogen-bond acceptors (Lipinski definition) is 1. The first-order chi connectivity index (χ1) is 8.80. The van der Waals surface area contributed by atoms with Crippen LogP contribution in [0, 0.1) is 11.3 Å². The molecule has 4 atom stereocenters. The van der Waals surface area contributed by atoms with Crippen molar-refractivity contribution in [2.45, 2.75) is 97.9 Å². The summed E-state index contributed by atoms with van der Waals surface area (Å²) in [5.74, 6) is 0.656. The molecule has 0 bridgehead atoms. The number of hydrogen-bond donors (Lipinski definition) is 1. The Morgan fingerprint density at radius 3 is 1.89 bits per heavy atom. The van der Waals surface area contributed by atoms with E-state index >= 15 is 0 Å². The van der Waals surface area contributed by atoms with Crippen molar-refractivity contribution in [3.63, 3.8) is 0 Å². The average Bonchev–Trinajstić information content (AvgIpc) is 2.41. The second-order valence-corrected chi connectivity index (χ2v) is 7.23. The molecule has 0 aromatic rings. The SMILES string of the molecule is BC(C)(CC)C(O)C(C)(CC)C(CCC)CCCC. The first kappa shape index (κ1) is 19.0. The summed E-state index contributed by atoms with van der Waals surface area (Å²) in [6, 6.07) is 0. The van der Waals surface area contributed by atoms with Gasteiger partial charge in [0.1, 0.15) is 7.85 Å². The third-order valence-electron chi connectivity index (χ3n) is 5.51. The van der Waals surface area contributed by atoms with Crippen LogP contribution >= 0.6 is 0 Å². The quantitative estimate of drug-likeness (QED) is 0.574. The zero-order valence-corrected chi connectivity index (χ0v) is 14.6. The maximum Gasteiger partial charge on any atom is 0.112 e. The van der Waals surface area contributed by atoms with E-state index in [1.807, 2.05) is 0 Å². The van der Waals surface area contributed by atoms with Gasteiger partial charge in [0.15, 0.2) is 0 Å². The molecule has 114 valence electrons. The number of unbranched alkanes of at least 4 members (excludes halogenated alkanes) is 1. The zero-order chi connectivity index (χ0) is 15.1. The topological polar surface area (TPSA) is 20.2 Å². The predicted octanol–water partition coefficient (Wildman–Crippen LogP) is 4.59. The Morgan fingerprint density at radius 1 is 0.947 bits per heavy atom. The molecule has 0 heterocycles. The van der Waals surface area contributed by atoms with Crippen molar-refractivity contribution in [1.29, 1.82) is 0 Å². The monoisotopic (exact) mass is 268 g/mol. The summed E-state index contributed by atoms with van der Waals surface area (Å²) in [6.45, 7) is 13.5. The predicted molar refractivity (Wildman–Crippen MR) is 89.5 cm³/mol. The molecule has 0 aliphatic heterocycles. The molecule has 0 spiro atoms. The smallest absolute Gasteiger partial charge is 0.112 e. The Labute approximate surface area is 123 Å². The highest BCUT2D eigenvalue weighted by Gasteiger charge is 2.44. The molecule has 0 aliphatic rings. The van der Waals surface area contributed by atoms with Crippen molar-refractivity contribution in [2.75, 3.05) is 0 Å². The lowest BCUT2D eigenvalue weighted by molar-refractivity contribution is -0.0439. The van der Waals surface area contributed by atoms with E-state index in [1.54, 1.807) is 0 Å². The van der Waals surface area contributed by atoms with Gasteiger partial charge in [-0.05, 0) is 29.5 Å². The Kier molecular flexibility index (Phi) is 8.35. The fourth-order valence-electron chi connectivity index (χ4n) is 3.39. The van der Waals surface area contributed by atoms with E-state index in [0.717, 1.165) is 12.8 Å². The third-order valence-corrected chi connectivity index (χ3v) is 5.51. The fraction of sp³-hybridized carbons (Fsp3) is 1.00. The van der Waals surface area contributed by atoms with E-state index in [0.29, 0.717) is 5.92 Å². The Morgan fingerprint density at radius 2 is 1.53 bits per heavy atom. The molecular formula is C17H37BO. The second kappa shape index (κ2) is 8.34. The molecule has 0 saturated carbocycles. The van der Waals surface area contributed by atoms with Crippen LogP contribution < -0.4 is 0 Å². The normalized spacial score (nSPS) is 21.4. The number of rotatable bonds is 10. The maximum atomic E-state index is 11.0. The van der Waals surface area contributed by atoms with Gasteiger partial charge >= 0.3 is 0 Å². The van der Waals surface area contributed by atoms with Gasteiger partial charge in [0.25, 0.3) is 0 Å². The van der Waals surface area contributed by atoms with Crippen molar-refractivity contribution in [3.8, 4) is 0 Å². The Balaban J connectivity index is 5.15. The molecule has 0 fully saturated rings. The van der Waals surface area contributed by atoms with E-state index in [2.05, 4.69) is 49.4 Å². The highest BCUT2D eigenvalue weighted by Crippen LogP contribution is 2.49. The summed E-state index contributed by atoms with van der Waals surface area (Å²) in [5.41, 5.74) is 0.0602. The van der Waals surface area contributed by atoms with Crippen molar-refractivity contribution < 1.29 is 5.11 Å². The van der Waals surface area contributed by atoms with E-state index < -0.39 is 0 Å². The molecule has 0 amide bonds. The van der Waals surface area contributed by atoms with Crippen LogP contribution in [0.4, 0.5) is 0 Å². The van der Waals surface area contributed by atoms with Crippen LogP contribution in [0.3, 0.4) is 0 Å². The molecule has 0 aliphatic carbocycles. The van der Waals surface area contributed by atoms with Gasteiger partial charge in [-0.15, -0.1) is 0 Å². The molecule has 2 heteroatoms. The minimum Gasteiger partial charge on any atom is -0.393 e. The Hall–Kier alpha value is 0.0249. The summed E-state index contributed by atoms with van der Waals surface area (Å²) in [4.78, 5) is 0. The molecule has 0 rings (SSSR count). The van der Waals surface area contributed by atoms with Crippen molar-refractivity contribution in [2.24, 2.45) is 11.3 Å². The Bertz CT molecular complexity index is 239. The number of aliphatic hydroxyl groups excluding tert-OH is 1. The molecule has 0 saturated heterocycles. The molecule has 0 aromatic heterocycles. The molecule has 19 heavy (non-hydrogen) atoms. The first-order valence-corrected chi connectivity index (χ1v) is 8.48. The van der Waals surface area contributed by atoms with Gasteiger partial charge in [0, 0.05) is 0 Å². The largest absolute Gasteiger partial charge is 0.393 e. The van der Waals surface area contributed by atoms with Gasteiger partial charge in [0.2, 0.25) is 0 Å². The first-order valence-electron chi connectivity index (χ1n) is 8.48. The van der Waals surface area contributed by atoms with Crippen molar-refractivity contribution >= 4 is 7.85 Å². The van der Waals surface area contributed by atoms with Crippen LogP contribution in [-0.4, -0.2) is 19.1 Å². The van der Waals surface area contributed by atoms with E-state index in [-0.39, 0.29) is 16.8 Å². The van der Waals surface area contributed by atoms with E-state index in [4.69, 9.17) is 0 Å². The van der Waals surface area contributed by atoms with Crippen LogP contribution in [0.5, 0.6) is 0 Å².